The molecule has 7 nitrogen and oxygen atoms in total. The molecule has 1 aromatic rings. The maximum Gasteiger partial charge on any atom is 0.257 e. The molecule has 4 N–H and O–H groups in total. The van der Waals surface area contributed by atoms with Crippen LogP contribution in [0.15, 0.2) is 23.4 Å². The van der Waals surface area contributed by atoms with E-state index in [4.69, 9.17) is 5.73 Å². The van der Waals surface area contributed by atoms with Crippen LogP contribution in [-0.4, -0.2) is 30.3 Å². The number of carbonyl (C=O) groups excluding carboxylic acids is 1. The Balaban J connectivity index is 2.18. The van der Waals surface area contributed by atoms with Crippen LogP contribution < -0.4 is 10.5 Å². The standard InChI is InChI=1S/C12H18N4O3S/c1-2-10-14-7-11(15-10)20(18,19)16-9-6-4-3-5-8(9)12(13)17/h3-4,7-9,16H,2,5-6H2,1H3,(H2,13,17)(H,14,15)/t8-,9-/m1/s1. The van der Waals surface area contributed by atoms with Gasteiger partial charge < -0.3 is 10.7 Å². The summed E-state index contributed by atoms with van der Waals surface area (Å²) >= 11 is 0. The summed E-state index contributed by atoms with van der Waals surface area (Å²) in [5.41, 5.74) is 5.31. The molecule has 2 atom stereocenters. The van der Waals surface area contributed by atoms with E-state index in [1.807, 2.05) is 19.1 Å². The molecule has 0 fully saturated rings. The van der Waals surface area contributed by atoms with Crippen molar-refractivity contribution < 1.29 is 13.2 Å². The highest BCUT2D eigenvalue weighted by Gasteiger charge is 2.31. The number of sulfonamides is 1. The largest absolute Gasteiger partial charge is 0.369 e. The third-order valence-corrected chi connectivity index (χ3v) is 4.73. The van der Waals surface area contributed by atoms with Gasteiger partial charge in [0.05, 0.1) is 12.1 Å². The van der Waals surface area contributed by atoms with Gasteiger partial charge in [-0.15, -0.1) is 0 Å². The Kier molecular flexibility index (Phi) is 4.24. The quantitative estimate of drug-likeness (QED) is 0.667. The van der Waals surface area contributed by atoms with E-state index >= 15 is 0 Å². The number of aromatic nitrogens is 2. The van der Waals surface area contributed by atoms with Crippen LogP contribution >= 0.6 is 0 Å². The lowest BCUT2D eigenvalue weighted by molar-refractivity contribution is -0.122. The van der Waals surface area contributed by atoms with Gasteiger partial charge >= 0.3 is 0 Å². The van der Waals surface area contributed by atoms with E-state index < -0.39 is 27.9 Å². The monoisotopic (exact) mass is 298 g/mol. The Bertz CT molecular complexity index is 620. The lowest BCUT2D eigenvalue weighted by atomic mass is 9.89. The van der Waals surface area contributed by atoms with Crippen molar-refractivity contribution in [3.8, 4) is 0 Å². The zero-order valence-electron chi connectivity index (χ0n) is 11.2. The van der Waals surface area contributed by atoms with E-state index in [9.17, 15) is 13.2 Å². The van der Waals surface area contributed by atoms with Gasteiger partial charge in [-0.05, 0) is 12.8 Å². The minimum Gasteiger partial charge on any atom is -0.369 e. The van der Waals surface area contributed by atoms with E-state index in [2.05, 4.69) is 14.7 Å². The molecular weight excluding hydrogens is 280 g/mol. The van der Waals surface area contributed by atoms with Gasteiger partial charge in [0.2, 0.25) is 5.91 Å². The zero-order chi connectivity index (χ0) is 14.8. The van der Waals surface area contributed by atoms with Crippen molar-refractivity contribution in [1.82, 2.24) is 14.7 Å². The van der Waals surface area contributed by atoms with E-state index in [0.29, 0.717) is 25.1 Å². The number of nitrogens with two attached hydrogens (primary N) is 1. The van der Waals surface area contributed by atoms with Crippen LogP contribution in [0.25, 0.3) is 0 Å². The van der Waals surface area contributed by atoms with Crippen LogP contribution in [0, 0.1) is 5.92 Å². The fourth-order valence-electron chi connectivity index (χ4n) is 2.18. The summed E-state index contributed by atoms with van der Waals surface area (Å²) < 4.78 is 27.0. The molecule has 0 aliphatic heterocycles. The topological polar surface area (TPSA) is 118 Å². The smallest absolute Gasteiger partial charge is 0.257 e. The number of nitrogens with zero attached hydrogens (tertiary/aromatic N) is 1. The SMILES string of the molecule is CCc1ncc(S(=O)(=O)N[C@@H]2CC=CC[C@H]2C(N)=O)[nH]1. The van der Waals surface area contributed by atoms with E-state index in [1.165, 1.54) is 6.20 Å². The van der Waals surface area contributed by atoms with Crippen LogP contribution in [0.5, 0.6) is 0 Å². The van der Waals surface area contributed by atoms with Crippen LogP contribution in [0.2, 0.25) is 0 Å². The maximum absolute atomic E-state index is 12.2. The molecule has 1 aliphatic carbocycles. The second-order valence-corrected chi connectivity index (χ2v) is 6.41. The summed E-state index contributed by atoms with van der Waals surface area (Å²) in [5, 5.41) is 0.00660. The molecule has 0 spiro atoms. The third-order valence-electron chi connectivity index (χ3n) is 3.33. The normalized spacial score (nSPS) is 22.9. The number of amides is 1. The molecule has 0 unspecified atom stereocenters. The Morgan fingerprint density at radius 3 is 2.80 bits per heavy atom. The first-order valence-electron chi connectivity index (χ1n) is 6.44. The molecule has 0 radical (unpaired) electrons. The molecule has 0 saturated carbocycles. The summed E-state index contributed by atoms with van der Waals surface area (Å²) in [6, 6.07) is -0.518. The summed E-state index contributed by atoms with van der Waals surface area (Å²) in [6.07, 6.45) is 6.47. The van der Waals surface area contributed by atoms with Crippen LogP contribution in [0.1, 0.15) is 25.6 Å². The van der Waals surface area contributed by atoms with Gasteiger partial charge in [0.15, 0.2) is 5.03 Å². The second-order valence-electron chi connectivity index (χ2n) is 4.73. The van der Waals surface area contributed by atoms with Crippen molar-refractivity contribution in [2.75, 3.05) is 0 Å². The van der Waals surface area contributed by atoms with Crippen molar-refractivity contribution in [2.45, 2.75) is 37.3 Å². The number of H-pyrrole nitrogens is 1. The Labute approximate surface area is 117 Å². The van der Waals surface area contributed by atoms with E-state index in [-0.39, 0.29) is 5.03 Å². The number of primary amides is 1. The molecule has 0 saturated heterocycles. The zero-order valence-corrected chi connectivity index (χ0v) is 12.0. The number of hydrogen-bond acceptors (Lipinski definition) is 4. The van der Waals surface area contributed by atoms with Gasteiger partial charge in [-0.2, -0.15) is 0 Å². The van der Waals surface area contributed by atoms with E-state index in [0.717, 1.165) is 0 Å². The lowest BCUT2D eigenvalue weighted by Gasteiger charge is -2.26. The summed E-state index contributed by atoms with van der Waals surface area (Å²) in [6.45, 7) is 1.87. The number of imidazole rings is 1. The second kappa shape index (κ2) is 5.76. The molecule has 20 heavy (non-hydrogen) atoms. The number of nitrogens with one attached hydrogen (secondary N) is 2. The fourth-order valence-corrected chi connectivity index (χ4v) is 3.41. The molecule has 1 heterocycles. The first-order valence-corrected chi connectivity index (χ1v) is 7.93. The summed E-state index contributed by atoms with van der Waals surface area (Å²) in [5.74, 6) is -0.426. The van der Waals surface area contributed by atoms with Crippen molar-refractivity contribution in [3.05, 3.63) is 24.2 Å². The molecule has 110 valence electrons. The number of allylic oxidation sites excluding steroid dienone is 1. The van der Waals surface area contributed by atoms with Gasteiger partial charge in [-0.1, -0.05) is 19.1 Å². The van der Waals surface area contributed by atoms with Crippen molar-refractivity contribution in [1.29, 1.82) is 0 Å². The Hall–Kier alpha value is -1.67. The highest BCUT2D eigenvalue weighted by Crippen LogP contribution is 2.20. The fraction of sp³-hybridized carbons (Fsp3) is 0.500. The van der Waals surface area contributed by atoms with Gasteiger partial charge in [0, 0.05) is 12.5 Å². The molecular formula is C12H18N4O3S. The average molecular weight is 298 g/mol. The van der Waals surface area contributed by atoms with Gasteiger partial charge in [-0.3, -0.25) is 4.79 Å². The third kappa shape index (κ3) is 3.07. The molecule has 1 aromatic heterocycles. The molecule has 1 aliphatic rings. The molecule has 2 rings (SSSR count). The summed E-state index contributed by atoms with van der Waals surface area (Å²) in [4.78, 5) is 18.1. The van der Waals surface area contributed by atoms with Gasteiger partial charge in [-0.25, -0.2) is 18.1 Å². The van der Waals surface area contributed by atoms with Crippen LogP contribution in [0.4, 0.5) is 0 Å². The first kappa shape index (κ1) is 14.7. The molecule has 0 aromatic carbocycles. The number of carbonyl (C=O) groups is 1. The minimum absolute atomic E-state index is 0.00660. The number of aromatic amines is 1. The minimum atomic E-state index is -3.73. The Morgan fingerprint density at radius 1 is 1.50 bits per heavy atom. The van der Waals surface area contributed by atoms with Crippen molar-refractivity contribution >= 4 is 15.9 Å². The van der Waals surface area contributed by atoms with Crippen LogP contribution in [-0.2, 0) is 21.2 Å². The molecule has 1 amide bonds. The van der Waals surface area contributed by atoms with E-state index in [1.54, 1.807) is 0 Å². The predicted molar refractivity (Wildman–Crippen MR) is 73.1 cm³/mol. The number of rotatable bonds is 5. The first-order chi connectivity index (χ1) is 9.44. The lowest BCUT2D eigenvalue weighted by Crippen LogP contribution is -2.46. The van der Waals surface area contributed by atoms with Gasteiger partial charge in [0.1, 0.15) is 5.82 Å². The number of hydrogen-bond donors (Lipinski definition) is 3. The number of aryl methyl sites for hydroxylation is 1. The van der Waals surface area contributed by atoms with Gasteiger partial charge in [0.25, 0.3) is 10.0 Å². The average Bonchev–Trinajstić information content (AvgIpc) is 2.88. The highest BCUT2D eigenvalue weighted by molar-refractivity contribution is 7.89. The molecule has 8 heteroatoms. The summed E-state index contributed by atoms with van der Waals surface area (Å²) in [7, 11) is -3.73. The predicted octanol–water partition coefficient (Wildman–Crippen LogP) is 0.0705. The maximum atomic E-state index is 12.2. The van der Waals surface area contributed by atoms with Crippen molar-refractivity contribution in [2.24, 2.45) is 11.7 Å². The van der Waals surface area contributed by atoms with Crippen LogP contribution in [0.3, 0.4) is 0 Å². The molecule has 0 bridgehead atoms. The van der Waals surface area contributed by atoms with Crippen molar-refractivity contribution in [3.63, 3.8) is 0 Å². The Morgan fingerprint density at radius 2 is 2.20 bits per heavy atom. The highest BCUT2D eigenvalue weighted by atomic mass is 32.2.